The van der Waals surface area contributed by atoms with Crippen LogP contribution in [0.1, 0.15) is 36.5 Å². The number of rotatable bonds is 2. The van der Waals surface area contributed by atoms with Gasteiger partial charge in [-0.2, -0.15) is 0 Å². The molecule has 0 atom stereocenters. The summed E-state index contributed by atoms with van der Waals surface area (Å²) in [4.78, 5) is 0. The molecule has 0 saturated carbocycles. The van der Waals surface area contributed by atoms with Gasteiger partial charge in [0, 0.05) is 12.0 Å². The Hall–Kier alpha value is -1.76. The molecular weight excluding hydrogens is 220 g/mol. The van der Waals surface area contributed by atoms with Crippen molar-refractivity contribution in [1.82, 2.24) is 0 Å². The highest BCUT2D eigenvalue weighted by molar-refractivity contribution is 5.79. The summed E-state index contributed by atoms with van der Waals surface area (Å²) in [6.07, 6.45) is 0.995. The Morgan fingerprint density at radius 2 is 1.78 bits per heavy atom. The van der Waals surface area contributed by atoms with Gasteiger partial charge in [-0.1, -0.05) is 50.2 Å². The highest BCUT2D eigenvalue weighted by Crippen LogP contribution is 2.44. The fraction of sp³-hybridized carbons (Fsp3) is 0.294. The zero-order chi connectivity index (χ0) is 12.7. The normalized spacial score (nSPS) is 12.4. The van der Waals surface area contributed by atoms with E-state index in [9.17, 15) is 0 Å². The van der Waals surface area contributed by atoms with Crippen molar-refractivity contribution in [2.45, 2.75) is 26.2 Å². The second-order valence-electron chi connectivity index (χ2n) is 5.20. The van der Waals surface area contributed by atoms with Crippen molar-refractivity contribution in [2.75, 3.05) is 7.11 Å². The van der Waals surface area contributed by atoms with E-state index in [1.807, 2.05) is 0 Å². The van der Waals surface area contributed by atoms with Gasteiger partial charge in [0.05, 0.1) is 7.11 Å². The smallest absolute Gasteiger partial charge is 0.126 e. The summed E-state index contributed by atoms with van der Waals surface area (Å²) in [6.45, 7) is 4.43. The molecule has 1 aliphatic carbocycles. The summed E-state index contributed by atoms with van der Waals surface area (Å²) < 4.78 is 5.68. The molecule has 0 aromatic heterocycles. The lowest BCUT2D eigenvalue weighted by molar-refractivity contribution is 0.404. The van der Waals surface area contributed by atoms with E-state index < -0.39 is 0 Å². The molecule has 1 heteroatoms. The predicted molar refractivity (Wildman–Crippen MR) is 75.3 cm³/mol. The van der Waals surface area contributed by atoms with Crippen LogP contribution in [0.3, 0.4) is 0 Å². The molecule has 18 heavy (non-hydrogen) atoms. The first-order valence-corrected chi connectivity index (χ1v) is 6.50. The zero-order valence-electron chi connectivity index (χ0n) is 11.2. The number of methoxy groups -OCH3 is 1. The van der Waals surface area contributed by atoms with Gasteiger partial charge in [-0.15, -0.1) is 0 Å². The lowest BCUT2D eigenvalue weighted by atomic mass is 9.95. The Balaban J connectivity index is 2.22. The SMILES string of the molecule is COc1c(C(C)C)ccc2c1Cc1ccccc1-2. The summed E-state index contributed by atoms with van der Waals surface area (Å²) >= 11 is 0. The number of fused-ring (bicyclic) bond motifs is 3. The maximum atomic E-state index is 5.68. The Morgan fingerprint density at radius 1 is 1.00 bits per heavy atom. The van der Waals surface area contributed by atoms with E-state index in [0.29, 0.717) is 5.92 Å². The first-order chi connectivity index (χ1) is 8.72. The van der Waals surface area contributed by atoms with Gasteiger partial charge in [-0.3, -0.25) is 0 Å². The standard InChI is InChI=1S/C17H18O/c1-11(2)13-8-9-15-14-7-5-4-6-12(14)10-16(15)17(13)18-3/h4-9,11H,10H2,1-3H3. The summed E-state index contributed by atoms with van der Waals surface area (Å²) in [5, 5.41) is 0. The zero-order valence-corrected chi connectivity index (χ0v) is 11.2. The fourth-order valence-electron chi connectivity index (χ4n) is 2.90. The molecule has 0 unspecified atom stereocenters. The maximum absolute atomic E-state index is 5.68. The average Bonchev–Trinajstić information content (AvgIpc) is 2.75. The highest BCUT2D eigenvalue weighted by Gasteiger charge is 2.23. The summed E-state index contributed by atoms with van der Waals surface area (Å²) in [6, 6.07) is 13.1. The number of hydrogen-bond acceptors (Lipinski definition) is 1. The van der Waals surface area contributed by atoms with Crippen molar-refractivity contribution >= 4 is 0 Å². The monoisotopic (exact) mass is 238 g/mol. The van der Waals surface area contributed by atoms with Gasteiger partial charge >= 0.3 is 0 Å². The first-order valence-electron chi connectivity index (χ1n) is 6.50. The minimum Gasteiger partial charge on any atom is -0.496 e. The lowest BCUT2D eigenvalue weighted by Gasteiger charge is -2.15. The topological polar surface area (TPSA) is 9.23 Å². The molecule has 0 N–H and O–H groups in total. The number of ether oxygens (including phenoxy) is 1. The maximum Gasteiger partial charge on any atom is 0.126 e. The largest absolute Gasteiger partial charge is 0.496 e. The molecular formula is C17H18O. The summed E-state index contributed by atoms with van der Waals surface area (Å²) in [5.41, 5.74) is 6.77. The Labute approximate surface area is 108 Å². The molecule has 0 radical (unpaired) electrons. The van der Waals surface area contributed by atoms with E-state index in [4.69, 9.17) is 4.74 Å². The quantitative estimate of drug-likeness (QED) is 0.643. The van der Waals surface area contributed by atoms with Gasteiger partial charge in [0.15, 0.2) is 0 Å². The van der Waals surface area contributed by atoms with Crippen LogP contribution >= 0.6 is 0 Å². The van der Waals surface area contributed by atoms with Crippen molar-refractivity contribution < 1.29 is 4.74 Å². The van der Waals surface area contributed by atoms with Gasteiger partial charge in [0.25, 0.3) is 0 Å². The molecule has 0 saturated heterocycles. The van der Waals surface area contributed by atoms with Crippen molar-refractivity contribution in [3.8, 4) is 16.9 Å². The van der Waals surface area contributed by atoms with E-state index >= 15 is 0 Å². The minimum absolute atomic E-state index is 0.494. The molecule has 92 valence electrons. The second-order valence-corrected chi connectivity index (χ2v) is 5.20. The van der Waals surface area contributed by atoms with Gasteiger partial charge < -0.3 is 4.74 Å². The minimum atomic E-state index is 0.494. The third-order valence-electron chi connectivity index (χ3n) is 3.79. The van der Waals surface area contributed by atoms with Crippen molar-refractivity contribution in [3.05, 3.63) is 53.1 Å². The van der Waals surface area contributed by atoms with Crippen molar-refractivity contribution in [1.29, 1.82) is 0 Å². The molecule has 3 rings (SSSR count). The van der Waals surface area contributed by atoms with Crippen LogP contribution in [0.25, 0.3) is 11.1 Å². The molecule has 2 aromatic carbocycles. The van der Waals surface area contributed by atoms with Crippen LogP contribution < -0.4 is 4.74 Å². The van der Waals surface area contributed by atoms with Crippen LogP contribution in [-0.4, -0.2) is 7.11 Å². The molecule has 0 heterocycles. The number of hydrogen-bond donors (Lipinski definition) is 0. The molecule has 0 spiro atoms. The van der Waals surface area contributed by atoms with E-state index in [-0.39, 0.29) is 0 Å². The third-order valence-corrected chi connectivity index (χ3v) is 3.79. The average molecular weight is 238 g/mol. The van der Waals surface area contributed by atoms with Crippen LogP contribution in [0.4, 0.5) is 0 Å². The van der Waals surface area contributed by atoms with Gasteiger partial charge in [-0.25, -0.2) is 0 Å². The highest BCUT2D eigenvalue weighted by atomic mass is 16.5. The van der Waals surface area contributed by atoms with E-state index in [1.54, 1.807) is 7.11 Å². The van der Waals surface area contributed by atoms with Crippen LogP contribution in [0, 0.1) is 0 Å². The number of benzene rings is 2. The summed E-state index contributed by atoms with van der Waals surface area (Å²) in [5.74, 6) is 1.58. The summed E-state index contributed by atoms with van der Waals surface area (Å²) in [7, 11) is 1.78. The van der Waals surface area contributed by atoms with Crippen molar-refractivity contribution in [2.24, 2.45) is 0 Å². The van der Waals surface area contributed by atoms with E-state index in [2.05, 4.69) is 50.2 Å². The molecule has 0 amide bonds. The van der Waals surface area contributed by atoms with Crippen LogP contribution in [0.2, 0.25) is 0 Å². The fourth-order valence-corrected chi connectivity index (χ4v) is 2.90. The van der Waals surface area contributed by atoms with E-state index in [1.165, 1.54) is 27.8 Å². The Bertz CT molecular complexity index is 597. The Morgan fingerprint density at radius 3 is 2.50 bits per heavy atom. The molecule has 1 nitrogen and oxygen atoms in total. The molecule has 1 aliphatic rings. The van der Waals surface area contributed by atoms with Gasteiger partial charge in [-0.05, 0) is 28.2 Å². The van der Waals surface area contributed by atoms with Gasteiger partial charge in [0.2, 0.25) is 0 Å². The van der Waals surface area contributed by atoms with Gasteiger partial charge in [0.1, 0.15) is 5.75 Å². The lowest BCUT2D eigenvalue weighted by Crippen LogP contribution is -1.98. The predicted octanol–water partition coefficient (Wildman–Crippen LogP) is 4.39. The van der Waals surface area contributed by atoms with Crippen LogP contribution in [0.15, 0.2) is 36.4 Å². The van der Waals surface area contributed by atoms with Crippen LogP contribution in [0.5, 0.6) is 5.75 Å². The molecule has 0 aliphatic heterocycles. The van der Waals surface area contributed by atoms with Crippen LogP contribution in [-0.2, 0) is 6.42 Å². The molecule has 0 fully saturated rings. The third kappa shape index (κ3) is 1.54. The van der Waals surface area contributed by atoms with Crippen molar-refractivity contribution in [3.63, 3.8) is 0 Å². The second kappa shape index (κ2) is 4.16. The molecule has 2 aromatic rings. The molecule has 0 bridgehead atoms. The van der Waals surface area contributed by atoms with E-state index in [0.717, 1.165) is 12.2 Å². The Kier molecular flexibility index (Phi) is 2.62. The first kappa shape index (κ1) is 11.3.